The van der Waals surface area contributed by atoms with E-state index in [0.717, 1.165) is 0 Å². The lowest BCUT2D eigenvalue weighted by Crippen LogP contribution is -2.28. The quantitative estimate of drug-likeness (QED) is 0.718. The number of carbonyl (C=O) groups excluding carboxylic acids is 1. The second kappa shape index (κ2) is 8.16. The molecule has 0 aliphatic rings. The van der Waals surface area contributed by atoms with E-state index in [1.54, 1.807) is 36.4 Å². The summed E-state index contributed by atoms with van der Waals surface area (Å²) in [5, 5.41) is 2.58. The number of carbonyl (C=O) groups is 1. The number of nitrogens with one attached hydrogen (secondary N) is 2. The molecule has 126 valence electrons. The fraction of sp³-hybridized carbons (Fsp3) is 0.118. The molecule has 0 fully saturated rings. The first-order valence-corrected chi connectivity index (χ1v) is 8.68. The molecule has 2 aromatic rings. The van der Waals surface area contributed by atoms with Crippen LogP contribution in [0.5, 0.6) is 5.75 Å². The number of para-hydroxylation sites is 1. The maximum Gasteiger partial charge on any atom is 0.261 e. The van der Waals surface area contributed by atoms with E-state index in [1.807, 2.05) is 0 Å². The fourth-order valence-corrected chi connectivity index (χ4v) is 2.88. The van der Waals surface area contributed by atoms with E-state index in [-0.39, 0.29) is 17.4 Å². The number of anilines is 1. The zero-order chi connectivity index (χ0) is 17.4. The smallest absolute Gasteiger partial charge is 0.261 e. The van der Waals surface area contributed by atoms with E-state index >= 15 is 0 Å². The van der Waals surface area contributed by atoms with Crippen LogP contribution in [0.15, 0.2) is 72.1 Å². The highest BCUT2D eigenvalue weighted by Crippen LogP contribution is 2.19. The standard InChI is InChI=1S/C17H18N2O4S/c1-2-12-18-17(20)13-23-15-8-10-16(11-9-15)24(21,22)19-14-6-4-3-5-7-14/h2-11,19H,1,12-13H2,(H,18,20). The third kappa shape index (κ3) is 5.13. The Kier molecular flexibility index (Phi) is 5.97. The van der Waals surface area contributed by atoms with Crippen molar-refractivity contribution in [2.75, 3.05) is 17.9 Å². The minimum absolute atomic E-state index is 0.106. The largest absolute Gasteiger partial charge is 0.484 e. The van der Waals surface area contributed by atoms with Crippen LogP contribution >= 0.6 is 0 Å². The molecular weight excluding hydrogens is 328 g/mol. The Hall–Kier alpha value is -2.80. The average Bonchev–Trinajstić information content (AvgIpc) is 2.59. The maximum atomic E-state index is 12.3. The molecule has 0 radical (unpaired) electrons. The summed E-state index contributed by atoms with van der Waals surface area (Å²) in [7, 11) is -3.67. The van der Waals surface area contributed by atoms with E-state index in [4.69, 9.17) is 4.74 Å². The molecule has 2 aromatic carbocycles. The maximum absolute atomic E-state index is 12.3. The number of rotatable bonds is 8. The zero-order valence-corrected chi connectivity index (χ0v) is 13.8. The van der Waals surface area contributed by atoms with Gasteiger partial charge in [0.2, 0.25) is 0 Å². The van der Waals surface area contributed by atoms with Gasteiger partial charge < -0.3 is 10.1 Å². The molecule has 0 saturated carbocycles. The number of hydrogen-bond donors (Lipinski definition) is 2. The Morgan fingerprint density at radius 3 is 2.38 bits per heavy atom. The van der Waals surface area contributed by atoms with E-state index in [1.165, 1.54) is 24.3 Å². The Morgan fingerprint density at radius 1 is 1.08 bits per heavy atom. The fourth-order valence-electron chi connectivity index (χ4n) is 1.82. The monoisotopic (exact) mass is 346 g/mol. The van der Waals surface area contributed by atoms with Crippen LogP contribution in [0.1, 0.15) is 0 Å². The lowest BCUT2D eigenvalue weighted by atomic mass is 10.3. The average molecular weight is 346 g/mol. The van der Waals surface area contributed by atoms with Crippen molar-refractivity contribution in [2.24, 2.45) is 0 Å². The van der Waals surface area contributed by atoms with E-state index in [0.29, 0.717) is 18.0 Å². The van der Waals surface area contributed by atoms with Gasteiger partial charge in [0.1, 0.15) is 5.75 Å². The van der Waals surface area contributed by atoms with Gasteiger partial charge in [-0.15, -0.1) is 6.58 Å². The minimum Gasteiger partial charge on any atom is -0.484 e. The van der Waals surface area contributed by atoms with Crippen LogP contribution in [0.3, 0.4) is 0 Å². The van der Waals surface area contributed by atoms with Gasteiger partial charge in [0, 0.05) is 12.2 Å². The molecule has 0 aromatic heterocycles. The van der Waals surface area contributed by atoms with Crippen molar-refractivity contribution in [1.82, 2.24) is 5.32 Å². The molecule has 2 N–H and O–H groups in total. The summed E-state index contributed by atoms with van der Waals surface area (Å²) >= 11 is 0. The summed E-state index contributed by atoms with van der Waals surface area (Å²) in [5.41, 5.74) is 0.483. The Morgan fingerprint density at radius 2 is 1.75 bits per heavy atom. The molecule has 0 heterocycles. The molecule has 0 bridgehead atoms. The summed E-state index contributed by atoms with van der Waals surface area (Å²) in [6, 6.07) is 14.5. The van der Waals surface area contributed by atoms with Crippen LogP contribution in [0.25, 0.3) is 0 Å². The van der Waals surface area contributed by atoms with Crippen LogP contribution in [-0.2, 0) is 14.8 Å². The molecule has 0 unspecified atom stereocenters. The zero-order valence-electron chi connectivity index (χ0n) is 12.9. The molecule has 24 heavy (non-hydrogen) atoms. The van der Waals surface area contributed by atoms with Crippen molar-refractivity contribution in [3.05, 3.63) is 67.3 Å². The van der Waals surface area contributed by atoms with Gasteiger partial charge in [0.05, 0.1) is 4.90 Å². The van der Waals surface area contributed by atoms with Crippen LogP contribution < -0.4 is 14.8 Å². The van der Waals surface area contributed by atoms with E-state index < -0.39 is 10.0 Å². The van der Waals surface area contributed by atoms with Gasteiger partial charge in [0.25, 0.3) is 15.9 Å². The van der Waals surface area contributed by atoms with Gasteiger partial charge in [-0.2, -0.15) is 0 Å². The highest BCUT2D eigenvalue weighted by Gasteiger charge is 2.14. The topological polar surface area (TPSA) is 84.5 Å². The molecule has 0 aliphatic carbocycles. The van der Waals surface area contributed by atoms with Gasteiger partial charge in [-0.1, -0.05) is 24.3 Å². The summed E-state index contributed by atoms with van der Waals surface area (Å²) in [5.74, 6) is 0.125. The number of benzene rings is 2. The first-order valence-electron chi connectivity index (χ1n) is 7.19. The summed E-state index contributed by atoms with van der Waals surface area (Å²) in [6.45, 7) is 3.71. The van der Waals surface area contributed by atoms with Crippen molar-refractivity contribution in [3.8, 4) is 5.75 Å². The molecular formula is C17H18N2O4S. The predicted octanol–water partition coefficient (Wildman–Crippen LogP) is 2.17. The second-order valence-electron chi connectivity index (χ2n) is 4.82. The van der Waals surface area contributed by atoms with Crippen LogP contribution in [0.2, 0.25) is 0 Å². The first kappa shape index (κ1) is 17.6. The molecule has 0 atom stereocenters. The van der Waals surface area contributed by atoms with Crippen molar-refractivity contribution in [3.63, 3.8) is 0 Å². The molecule has 0 saturated heterocycles. The molecule has 1 amide bonds. The van der Waals surface area contributed by atoms with Gasteiger partial charge in [-0.3, -0.25) is 9.52 Å². The van der Waals surface area contributed by atoms with E-state index in [2.05, 4.69) is 16.6 Å². The van der Waals surface area contributed by atoms with Crippen LogP contribution in [0, 0.1) is 0 Å². The number of ether oxygens (including phenoxy) is 1. The van der Waals surface area contributed by atoms with Gasteiger partial charge in [-0.05, 0) is 36.4 Å². The van der Waals surface area contributed by atoms with Crippen LogP contribution in [0.4, 0.5) is 5.69 Å². The van der Waals surface area contributed by atoms with Crippen molar-refractivity contribution >= 4 is 21.6 Å². The van der Waals surface area contributed by atoms with Gasteiger partial charge in [-0.25, -0.2) is 8.42 Å². The predicted molar refractivity (Wildman–Crippen MR) is 92.4 cm³/mol. The number of amides is 1. The second-order valence-corrected chi connectivity index (χ2v) is 6.51. The SMILES string of the molecule is C=CCNC(=O)COc1ccc(S(=O)(=O)Nc2ccccc2)cc1. The molecule has 6 nitrogen and oxygen atoms in total. The molecule has 0 spiro atoms. The highest BCUT2D eigenvalue weighted by atomic mass is 32.2. The highest BCUT2D eigenvalue weighted by molar-refractivity contribution is 7.92. The van der Waals surface area contributed by atoms with Gasteiger partial charge >= 0.3 is 0 Å². The lowest BCUT2D eigenvalue weighted by molar-refractivity contribution is -0.122. The normalized spacial score (nSPS) is 10.7. The van der Waals surface area contributed by atoms with Crippen molar-refractivity contribution in [1.29, 1.82) is 0 Å². The third-order valence-corrected chi connectivity index (χ3v) is 4.37. The summed E-state index contributed by atoms with van der Waals surface area (Å²) in [4.78, 5) is 11.5. The minimum atomic E-state index is -3.67. The first-order chi connectivity index (χ1) is 11.5. The summed E-state index contributed by atoms with van der Waals surface area (Å²) < 4.78 is 32.3. The Labute approximate surface area is 141 Å². The number of hydrogen-bond acceptors (Lipinski definition) is 4. The van der Waals surface area contributed by atoms with Crippen LogP contribution in [-0.4, -0.2) is 27.5 Å². The van der Waals surface area contributed by atoms with Gasteiger partial charge in [0.15, 0.2) is 6.61 Å². The Balaban J connectivity index is 1.98. The lowest BCUT2D eigenvalue weighted by Gasteiger charge is -2.09. The molecule has 0 aliphatic heterocycles. The summed E-state index contributed by atoms with van der Waals surface area (Å²) in [6.07, 6.45) is 1.57. The van der Waals surface area contributed by atoms with E-state index in [9.17, 15) is 13.2 Å². The number of sulfonamides is 1. The van der Waals surface area contributed by atoms with Crippen molar-refractivity contribution < 1.29 is 17.9 Å². The Bertz CT molecular complexity index is 787. The molecule has 2 rings (SSSR count). The van der Waals surface area contributed by atoms with Crippen molar-refractivity contribution in [2.45, 2.75) is 4.90 Å². The third-order valence-electron chi connectivity index (χ3n) is 2.97. The molecule has 7 heteroatoms.